The number of nitrogens with zero attached hydrogens (tertiary/aromatic N) is 1. The monoisotopic (exact) mass is 307 g/mol. The molecule has 1 aromatic carbocycles. The third-order valence-electron chi connectivity index (χ3n) is 2.77. The highest BCUT2D eigenvalue weighted by Crippen LogP contribution is 2.22. The predicted octanol–water partition coefficient (Wildman–Crippen LogP) is 3.62. The van der Waals surface area contributed by atoms with Crippen LogP contribution in [0.4, 0.5) is 0 Å². The zero-order valence-electron chi connectivity index (χ0n) is 10.3. The van der Waals surface area contributed by atoms with Crippen LogP contribution in [0.1, 0.15) is 21.5 Å². The zero-order valence-corrected chi connectivity index (χ0v) is 11.9. The van der Waals surface area contributed by atoms with Gasteiger partial charge in [0.2, 0.25) is 0 Å². The third-order valence-corrected chi connectivity index (χ3v) is 3.82. The van der Waals surface area contributed by atoms with Crippen molar-refractivity contribution in [2.24, 2.45) is 0 Å². The van der Waals surface area contributed by atoms with Gasteiger partial charge in [0.05, 0.1) is 18.1 Å². The van der Waals surface area contributed by atoms with Gasteiger partial charge in [-0.2, -0.15) is 0 Å². The van der Waals surface area contributed by atoms with E-state index in [0.29, 0.717) is 12.1 Å². The number of rotatable bonds is 3. The predicted molar refractivity (Wildman–Crippen MR) is 73.4 cm³/mol. The highest BCUT2D eigenvalue weighted by molar-refractivity contribution is 9.10. The number of aryl methyl sites for hydroxylation is 1. The standard InChI is InChI=1S/C14H14BrNO2/c1-10-4-3-5-12(13(10)15)14(17)16(2)8-11-6-7-18-9-11/h3-7,9H,8H2,1-2H3. The molecule has 4 heteroatoms. The van der Waals surface area contributed by atoms with E-state index in [1.165, 1.54) is 0 Å². The summed E-state index contributed by atoms with van der Waals surface area (Å²) in [6.45, 7) is 2.51. The van der Waals surface area contributed by atoms with Crippen molar-refractivity contribution >= 4 is 21.8 Å². The van der Waals surface area contributed by atoms with Gasteiger partial charge in [0.15, 0.2) is 0 Å². The van der Waals surface area contributed by atoms with E-state index in [-0.39, 0.29) is 5.91 Å². The van der Waals surface area contributed by atoms with E-state index in [1.54, 1.807) is 24.5 Å². The van der Waals surface area contributed by atoms with E-state index >= 15 is 0 Å². The molecule has 0 unspecified atom stereocenters. The lowest BCUT2D eigenvalue weighted by Crippen LogP contribution is -2.26. The molecule has 1 aromatic heterocycles. The number of benzene rings is 1. The van der Waals surface area contributed by atoms with Crippen LogP contribution in [0, 0.1) is 6.92 Å². The number of carbonyl (C=O) groups excluding carboxylic acids is 1. The van der Waals surface area contributed by atoms with E-state index in [9.17, 15) is 4.79 Å². The first-order valence-electron chi connectivity index (χ1n) is 5.61. The molecule has 2 aromatic rings. The Morgan fingerprint density at radius 1 is 1.39 bits per heavy atom. The van der Waals surface area contributed by atoms with Gasteiger partial charge in [-0.25, -0.2) is 0 Å². The van der Waals surface area contributed by atoms with Crippen molar-refractivity contribution in [3.05, 3.63) is 58.0 Å². The second kappa shape index (κ2) is 5.40. The van der Waals surface area contributed by atoms with Crippen LogP contribution in [-0.2, 0) is 6.54 Å². The molecular weight excluding hydrogens is 294 g/mol. The van der Waals surface area contributed by atoms with Crippen LogP contribution in [0.5, 0.6) is 0 Å². The minimum atomic E-state index is -0.00762. The number of amides is 1. The summed E-state index contributed by atoms with van der Waals surface area (Å²) >= 11 is 3.46. The maximum absolute atomic E-state index is 12.3. The number of halogens is 1. The molecule has 0 saturated heterocycles. The van der Waals surface area contributed by atoms with Crippen LogP contribution >= 0.6 is 15.9 Å². The van der Waals surface area contributed by atoms with Crippen LogP contribution in [0.3, 0.4) is 0 Å². The molecule has 3 nitrogen and oxygen atoms in total. The van der Waals surface area contributed by atoms with Crippen LogP contribution in [-0.4, -0.2) is 17.9 Å². The summed E-state index contributed by atoms with van der Waals surface area (Å²) in [6, 6.07) is 7.54. The maximum Gasteiger partial charge on any atom is 0.255 e. The minimum Gasteiger partial charge on any atom is -0.472 e. The fourth-order valence-electron chi connectivity index (χ4n) is 1.75. The lowest BCUT2D eigenvalue weighted by molar-refractivity contribution is 0.0784. The van der Waals surface area contributed by atoms with E-state index in [1.807, 2.05) is 31.2 Å². The van der Waals surface area contributed by atoms with E-state index < -0.39 is 0 Å². The minimum absolute atomic E-state index is 0.00762. The molecule has 0 radical (unpaired) electrons. The highest BCUT2D eigenvalue weighted by atomic mass is 79.9. The van der Waals surface area contributed by atoms with Gasteiger partial charge in [0.1, 0.15) is 0 Å². The van der Waals surface area contributed by atoms with Gasteiger partial charge in [-0.3, -0.25) is 4.79 Å². The van der Waals surface area contributed by atoms with Gasteiger partial charge >= 0.3 is 0 Å². The fraction of sp³-hybridized carbons (Fsp3) is 0.214. The van der Waals surface area contributed by atoms with Crippen LogP contribution < -0.4 is 0 Å². The van der Waals surface area contributed by atoms with Crippen LogP contribution in [0.15, 0.2) is 45.7 Å². The Kier molecular flexibility index (Phi) is 3.87. The molecule has 0 atom stereocenters. The molecule has 2 rings (SSSR count). The molecule has 0 aliphatic carbocycles. The molecule has 1 heterocycles. The van der Waals surface area contributed by atoms with Crippen molar-refractivity contribution in [1.29, 1.82) is 0 Å². The average molecular weight is 308 g/mol. The average Bonchev–Trinajstić information content (AvgIpc) is 2.84. The first kappa shape index (κ1) is 12.9. The van der Waals surface area contributed by atoms with E-state index in [4.69, 9.17) is 4.42 Å². The topological polar surface area (TPSA) is 33.5 Å². The number of carbonyl (C=O) groups is 1. The number of furan rings is 1. The summed E-state index contributed by atoms with van der Waals surface area (Å²) in [5.41, 5.74) is 2.72. The normalized spacial score (nSPS) is 10.4. The molecule has 18 heavy (non-hydrogen) atoms. The number of hydrogen-bond acceptors (Lipinski definition) is 2. The van der Waals surface area contributed by atoms with Gasteiger partial charge in [-0.1, -0.05) is 12.1 Å². The summed E-state index contributed by atoms with van der Waals surface area (Å²) in [5.74, 6) is -0.00762. The first-order valence-corrected chi connectivity index (χ1v) is 6.40. The summed E-state index contributed by atoms with van der Waals surface area (Å²) < 4.78 is 5.85. The third kappa shape index (κ3) is 2.64. The van der Waals surface area contributed by atoms with Gasteiger partial charge in [0, 0.05) is 23.6 Å². The van der Waals surface area contributed by atoms with Crippen molar-refractivity contribution in [1.82, 2.24) is 4.90 Å². The molecule has 0 aliphatic rings. The lowest BCUT2D eigenvalue weighted by Gasteiger charge is -2.17. The quantitative estimate of drug-likeness (QED) is 0.867. The van der Waals surface area contributed by atoms with Gasteiger partial charge in [-0.05, 0) is 40.5 Å². The van der Waals surface area contributed by atoms with Gasteiger partial charge in [0.25, 0.3) is 5.91 Å². The van der Waals surface area contributed by atoms with Crippen molar-refractivity contribution in [2.45, 2.75) is 13.5 Å². The van der Waals surface area contributed by atoms with Gasteiger partial charge in [-0.15, -0.1) is 0 Å². The second-order valence-electron chi connectivity index (χ2n) is 4.23. The van der Waals surface area contributed by atoms with E-state index in [0.717, 1.165) is 15.6 Å². The maximum atomic E-state index is 12.3. The van der Waals surface area contributed by atoms with Gasteiger partial charge < -0.3 is 9.32 Å². The molecule has 0 N–H and O–H groups in total. The molecule has 0 saturated carbocycles. The molecule has 0 bridgehead atoms. The van der Waals surface area contributed by atoms with E-state index in [2.05, 4.69) is 15.9 Å². The highest BCUT2D eigenvalue weighted by Gasteiger charge is 2.16. The Balaban J connectivity index is 2.18. The largest absolute Gasteiger partial charge is 0.472 e. The van der Waals surface area contributed by atoms with Crippen molar-refractivity contribution in [3.63, 3.8) is 0 Å². The summed E-state index contributed by atoms with van der Waals surface area (Å²) in [4.78, 5) is 14.0. The van der Waals surface area contributed by atoms with Crippen molar-refractivity contribution < 1.29 is 9.21 Å². The Hall–Kier alpha value is -1.55. The molecule has 0 fully saturated rings. The second-order valence-corrected chi connectivity index (χ2v) is 5.02. The zero-order chi connectivity index (χ0) is 13.1. The molecule has 0 aliphatic heterocycles. The summed E-state index contributed by atoms with van der Waals surface area (Å²) in [5, 5.41) is 0. The SMILES string of the molecule is Cc1cccc(C(=O)N(C)Cc2ccoc2)c1Br. The van der Waals surface area contributed by atoms with Crippen LogP contribution in [0.25, 0.3) is 0 Å². The Morgan fingerprint density at radius 3 is 2.83 bits per heavy atom. The van der Waals surface area contributed by atoms with Crippen molar-refractivity contribution in [2.75, 3.05) is 7.05 Å². The lowest BCUT2D eigenvalue weighted by atomic mass is 10.1. The Bertz CT molecular complexity index is 549. The Labute approximate surface area is 115 Å². The Morgan fingerprint density at radius 2 is 2.17 bits per heavy atom. The van der Waals surface area contributed by atoms with Crippen molar-refractivity contribution in [3.8, 4) is 0 Å². The molecule has 1 amide bonds. The summed E-state index contributed by atoms with van der Waals surface area (Å²) in [6.07, 6.45) is 3.26. The molecule has 94 valence electrons. The first-order chi connectivity index (χ1) is 8.59. The molecular formula is C14H14BrNO2. The molecule has 0 spiro atoms. The smallest absolute Gasteiger partial charge is 0.255 e. The van der Waals surface area contributed by atoms with Crippen LogP contribution in [0.2, 0.25) is 0 Å². The summed E-state index contributed by atoms with van der Waals surface area (Å²) in [7, 11) is 1.78. The number of hydrogen-bond donors (Lipinski definition) is 0. The fourth-order valence-corrected chi connectivity index (χ4v) is 2.18.